The molecule has 0 saturated carbocycles. The molecule has 2 unspecified atom stereocenters. The lowest BCUT2D eigenvalue weighted by Gasteiger charge is -2.00. The monoisotopic (exact) mass is 298 g/mol. The summed E-state index contributed by atoms with van der Waals surface area (Å²) in [5, 5.41) is 0. The minimum Gasteiger partial charge on any atom is -0.131 e. The standard InChI is InChI=1S/C9H11Cl.O5P2/c1-7-3-4-9(6-10)5-8(7)2;1-6(2)5-7(3)4/h3-5H,6H2,1-2H3;/p+2. The normalized spacial score (nSPS) is 11.4. The van der Waals surface area contributed by atoms with Crippen LogP contribution in [0.2, 0.25) is 0 Å². The van der Waals surface area contributed by atoms with E-state index in [4.69, 9.17) is 21.4 Å². The molecule has 0 saturated heterocycles. The zero-order valence-electron chi connectivity index (χ0n) is 9.33. The molecular formula is C9H13ClO5P2+2. The van der Waals surface area contributed by atoms with E-state index in [2.05, 4.69) is 36.4 Å². The Morgan fingerprint density at radius 2 is 1.71 bits per heavy atom. The summed E-state index contributed by atoms with van der Waals surface area (Å²) in [6.07, 6.45) is 0. The third-order valence-electron chi connectivity index (χ3n) is 1.87. The first-order valence-corrected chi connectivity index (χ1v) is 7.28. The van der Waals surface area contributed by atoms with Crippen molar-refractivity contribution in [1.29, 1.82) is 0 Å². The van der Waals surface area contributed by atoms with E-state index in [0.717, 1.165) is 0 Å². The lowest BCUT2D eigenvalue weighted by molar-refractivity contribution is 0.371. The fourth-order valence-electron chi connectivity index (χ4n) is 0.946. The van der Waals surface area contributed by atoms with Crippen LogP contribution in [-0.4, -0.2) is 9.79 Å². The molecular weight excluding hydrogens is 285 g/mol. The van der Waals surface area contributed by atoms with Crippen molar-refractivity contribution in [2.24, 2.45) is 0 Å². The number of hydrogen-bond donors (Lipinski definition) is 2. The third-order valence-corrected chi connectivity index (χ3v) is 3.29. The van der Waals surface area contributed by atoms with Crippen molar-refractivity contribution in [2.75, 3.05) is 0 Å². The van der Waals surface area contributed by atoms with Crippen molar-refractivity contribution < 1.29 is 23.2 Å². The summed E-state index contributed by atoms with van der Waals surface area (Å²) in [5.41, 5.74) is 3.84. The van der Waals surface area contributed by atoms with Crippen molar-refractivity contribution in [1.82, 2.24) is 0 Å². The number of alkyl halides is 1. The first kappa shape index (κ1) is 16.6. The molecule has 0 amide bonds. The highest BCUT2D eigenvalue weighted by Gasteiger charge is 2.31. The van der Waals surface area contributed by atoms with Gasteiger partial charge < -0.3 is 0 Å². The first-order valence-electron chi connectivity index (χ1n) is 4.49. The van der Waals surface area contributed by atoms with Crippen molar-refractivity contribution in [3.8, 4) is 0 Å². The van der Waals surface area contributed by atoms with Crippen LogP contribution in [0.1, 0.15) is 16.7 Å². The quantitative estimate of drug-likeness (QED) is 0.660. The Morgan fingerprint density at radius 1 is 1.18 bits per heavy atom. The van der Waals surface area contributed by atoms with Gasteiger partial charge in [0.1, 0.15) is 0 Å². The zero-order chi connectivity index (χ0) is 13.4. The number of halogens is 1. The molecule has 2 atom stereocenters. The second-order valence-electron chi connectivity index (χ2n) is 3.11. The van der Waals surface area contributed by atoms with Crippen LogP contribution in [0, 0.1) is 13.8 Å². The average Bonchev–Trinajstić information content (AvgIpc) is 2.21. The first-order chi connectivity index (χ1) is 7.86. The van der Waals surface area contributed by atoms with Crippen LogP contribution in [0.4, 0.5) is 0 Å². The van der Waals surface area contributed by atoms with Crippen LogP contribution in [-0.2, 0) is 19.3 Å². The summed E-state index contributed by atoms with van der Waals surface area (Å²) < 4.78 is 22.2. The minimum absolute atomic E-state index is 0.612. The van der Waals surface area contributed by atoms with Crippen LogP contribution < -0.4 is 0 Å². The molecule has 17 heavy (non-hydrogen) atoms. The third kappa shape index (κ3) is 8.33. The summed E-state index contributed by atoms with van der Waals surface area (Å²) in [6, 6.07) is 6.30. The molecule has 5 nitrogen and oxygen atoms in total. The van der Waals surface area contributed by atoms with Crippen LogP contribution >= 0.6 is 28.1 Å². The summed E-state index contributed by atoms with van der Waals surface area (Å²) in [6.45, 7) is 4.21. The molecule has 0 radical (unpaired) electrons. The largest absolute Gasteiger partial charge is 0.745 e. The van der Waals surface area contributed by atoms with E-state index in [0.29, 0.717) is 5.88 Å². The van der Waals surface area contributed by atoms with Gasteiger partial charge in [0.2, 0.25) is 0 Å². The van der Waals surface area contributed by atoms with Gasteiger partial charge in [0.05, 0.1) is 0 Å². The van der Waals surface area contributed by atoms with E-state index in [1.54, 1.807) is 0 Å². The molecule has 0 spiro atoms. The van der Waals surface area contributed by atoms with Gasteiger partial charge in [-0.15, -0.1) is 21.4 Å². The van der Waals surface area contributed by atoms with Crippen molar-refractivity contribution >= 4 is 28.1 Å². The maximum absolute atomic E-state index is 9.39. The number of aryl methyl sites for hydroxylation is 2. The van der Waals surface area contributed by atoms with E-state index < -0.39 is 16.5 Å². The summed E-state index contributed by atoms with van der Waals surface area (Å²) in [4.78, 5) is 15.3. The van der Waals surface area contributed by atoms with Gasteiger partial charge >= 0.3 is 16.5 Å². The molecule has 0 aliphatic rings. The maximum atomic E-state index is 9.39. The number of hydrogen-bond acceptors (Lipinski definition) is 3. The zero-order valence-corrected chi connectivity index (χ0v) is 11.9. The number of benzene rings is 1. The molecule has 0 heterocycles. The molecule has 0 bridgehead atoms. The van der Waals surface area contributed by atoms with Crippen LogP contribution in [0.5, 0.6) is 0 Å². The molecule has 0 aliphatic carbocycles. The number of rotatable bonds is 3. The second kappa shape index (κ2) is 8.65. The SMILES string of the molecule is Cc1ccc(CCl)cc1C.O=[P+](O)O[P+](=O)O. The highest BCUT2D eigenvalue weighted by molar-refractivity contribution is 7.46. The van der Waals surface area contributed by atoms with Crippen molar-refractivity contribution in [2.45, 2.75) is 19.7 Å². The lowest BCUT2D eigenvalue weighted by atomic mass is 10.1. The highest BCUT2D eigenvalue weighted by Crippen LogP contribution is 2.30. The molecule has 0 aromatic heterocycles. The minimum atomic E-state index is -2.92. The van der Waals surface area contributed by atoms with Crippen LogP contribution in [0.3, 0.4) is 0 Å². The molecule has 1 rings (SSSR count). The predicted molar refractivity (Wildman–Crippen MR) is 66.2 cm³/mol. The smallest absolute Gasteiger partial charge is 0.131 e. The van der Waals surface area contributed by atoms with Crippen molar-refractivity contribution in [3.05, 3.63) is 34.9 Å². The summed E-state index contributed by atoms with van der Waals surface area (Å²) in [7, 11) is -5.85. The van der Waals surface area contributed by atoms with E-state index in [-0.39, 0.29) is 0 Å². The second-order valence-corrected chi connectivity index (χ2v) is 4.98. The molecule has 2 N–H and O–H groups in total. The molecule has 0 fully saturated rings. The highest BCUT2D eigenvalue weighted by atomic mass is 35.5. The fourth-order valence-corrected chi connectivity index (χ4v) is 1.59. The van der Waals surface area contributed by atoms with E-state index in [9.17, 15) is 9.13 Å². The Bertz CT molecular complexity index is 398. The molecule has 94 valence electrons. The van der Waals surface area contributed by atoms with E-state index in [1.807, 2.05) is 0 Å². The van der Waals surface area contributed by atoms with E-state index >= 15 is 0 Å². The van der Waals surface area contributed by atoms with Gasteiger partial charge in [0.25, 0.3) is 0 Å². The van der Waals surface area contributed by atoms with Gasteiger partial charge in [0, 0.05) is 15.0 Å². The van der Waals surface area contributed by atoms with Gasteiger partial charge in [-0.2, -0.15) is 0 Å². The topological polar surface area (TPSA) is 83.8 Å². The Labute approximate surface area is 106 Å². The van der Waals surface area contributed by atoms with Gasteiger partial charge in [-0.1, -0.05) is 18.2 Å². The van der Waals surface area contributed by atoms with Gasteiger partial charge in [-0.05, 0) is 30.5 Å². The molecule has 1 aromatic carbocycles. The lowest BCUT2D eigenvalue weighted by Crippen LogP contribution is -1.83. The maximum Gasteiger partial charge on any atom is 0.745 e. The van der Waals surface area contributed by atoms with Gasteiger partial charge in [-0.25, -0.2) is 0 Å². The van der Waals surface area contributed by atoms with Crippen LogP contribution in [0.25, 0.3) is 0 Å². The summed E-state index contributed by atoms with van der Waals surface area (Å²) >= 11 is 5.65. The van der Waals surface area contributed by atoms with E-state index in [1.165, 1.54) is 16.7 Å². The molecule has 0 aliphatic heterocycles. The fraction of sp³-hybridized carbons (Fsp3) is 0.333. The Morgan fingerprint density at radius 3 is 2.00 bits per heavy atom. The predicted octanol–water partition coefficient (Wildman–Crippen LogP) is 3.34. The van der Waals surface area contributed by atoms with Gasteiger partial charge in [-0.3, -0.25) is 0 Å². The van der Waals surface area contributed by atoms with Crippen LogP contribution in [0.15, 0.2) is 18.2 Å². The Hall–Kier alpha value is -0.410. The molecule has 1 aromatic rings. The average molecular weight is 299 g/mol. The molecule has 8 heteroatoms. The summed E-state index contributed by atoms with van der Waals surface area (Å²) in [5.74, 6) is 0.612. The Kier molecular flexibility index (Phi) is 8.44. The van der Waals surface area contributed by atoms with Gasteiger partial charge in [0.15, 0.2) is 4.31 Å². The Balaban J connectivity index is 0.000000325. The van der Waals surface area contributed by atoms with Crippen molar-refractivity contribution in [3.63, 3.8) is 0 Å².